The molecule has 0 saturated heterocycles. The molecule has 2 aromatic carbocycles. The van der Waals surface area contributed by atoms with Gasteiger partial charge in [-0.05, 0) is 23.8 Å². The summed E-state index contributed by atoms with van der Waals surface area (Å²) >= 11 is 11.8. The minimum Gasteiger partial charge on any atom is -0.452 e. The summed E-state index contributed by atoms with van der Waals surface area (Å²) in [5.41, 5.74) is 1.44. The van der Waals surface area contributed by atoms with E-state index in [9.17, 15) is 4.79 Å². The molecule has 2 rings (SSSR count). The molecule has 0 N–H and O–H groups in total. The number of benzene rings is 2. The minimum absolute atomic E-state index is 0.376. The van der Waals surface area contributed by atoms with Crippen LogP contribution in [0.1, 0.15) is 18.6 Å². The van der Waals surface area contributed by atoms with Crippen molar-refractivity contribution in [3.8, 4) is 0 Å². The van der Waals surface area contributed by atoms with Gasteiger partial charge in [0.1, 0.15) is 0 Å². The van der Waals surface area contributed by atoms with Gasteiger partial charge in [0, 0.05) is 17.0 Å². The third-order valence-electron chi connectivity index (χ3n) is 2.63. The molecule has 0 amide bonds. The van der Waals surface area contributed by atoms with Gasteiger partial charge in [0.25, 0.3) is 0 Å². The number of hydrogen-bond acceptors (Lipinski definition) is 3. The molecule has 1 unspecified atom stereocenters. The van der Waals surface area contributed by atoms with Gasteiger partial charge in [-0.2, -0.15) is 0 Å². The lowest BCUT2D eigenvalue weighted by molar-refractivity contribution is -0.143. The average molecular weight is 322 g/mol. The Morgan fingerprint density at radius 3 is 2.33 bits per heavy atom. The first kappa shape index (κ1) is 15.5. The van der Waals surface area contributed by atoms with Gasteiger partial charge in [-0.25, -0.2) is 0 Å². The van der Waals surface area contributed by atoms with Crippen molar-refractivity contribution < 1.29 is 9.53 Å². The molecule has 2 aromatic rings. The van der Waals surface area contributed by atoms with E-state index >= 15 is 0 Å². The summed E-state index contributed by atoms with van der Waals surface area (Å²) in [5.74, 6) is -0.376. The van der Waals surface area contributed by atoms with Crippen LogP contribution in [0.2, 0.25) is 10.0 Å². The molecule has 0 heterocycles. The largest absolute Gasteiger partial charge is 0.452 e. The third-order valence-corrected chi connectivity index (χ3v) is 3.06. The van der Waals surface area contributed by atoms with Crippen LogP contribution in [0.3, 0.4) is 0 Å². The molecule has 0 spiro atoms. The van der Waals surface area contributed by atoms with Crippen LogP contribution in [0.4, 0.5) is 5.69 Å². The Morgan fingerprint density at radius 1 is 1.14 bits per heavy atom. The first-order valence-corrected chi connectivity index (χ1v) is 7.02. The highest BCUT2D eigenvalue weighted by atomic mass is 35.5. The van der Waals surface area contributed by atoms with Crippen LogP contribution in [0.15, 0.2) is 53.5 Å². The Bertz CT molecular complexity index is 636. The highest BCUT2D eigenvalue weighted by Gasteiger charge is 2.11. The summed E-state index contributed by atoms with van der Waals surface area (Å²) in [5, 5.41) is 0.997. The van der Waals surface area contributed by atoms with E-state index in [0.29, 0.717) is 15.7 Å². The lowest BCUT2D eigenvalue weighted by Crippen LogP contribution is -2.09. The van der Waals surface area contributed by atoms with Crippen molar-refractivity contribution in [1.29, 1.82) is 0 Å². The number of carbonyl (C=O) groups is 1. The minimum atomic E-state index is -0.554. The van der Waals surface area contributed by atoms with E-state index in [1.165, 1.54) is 6.92 Å². The van der Waals surface area contributed by atoms with E-state index in [-0.39, 0.29) is 5.97 Å². The summed E-state index contributed by atoms with van der Waals surface area (Å²) < 4.78 is 5.26. The summed E-state index contributed by atoms with van der Waals surface area (Å²) in [6, 6.07) is 14.4. The fraction of sp³-hybridized carbons (Fsp3) is 0.125. The second kappa shape index (κ2) is 7.25. The third kappa shape index (κ3) is 4.88. The van der Waals surface area contributed by atoms with E-state index in [0.717, 1.165) is 5.56 Å². The number of ether oxygens (including phenoxy) is 1. The molecule has 0 fully saturated rings. The number of rotatable bonds is 4. The highest BCUT2D eigenvalue weighted by Crippen LogP contribution is 2.25. The standard InChI is InChI=1S/C16H13Cl2NO2/c1-11(20)21-16(12-5-3-2-4-6-12)10-19-15-8-13(17)7-14(18)9-15/h2-10,16H,1H3. The van der Waals surface area contributed by atoms with Crippen LogP contribution in [0.25, 0.3) is 0 Å². The zero-order valence-electron chi connectivity index (χ0n) is 11.3. The zero-order valence-corrected chi connectivity index (χ0v) is 12.8. The van der Waals surface area contributed by atoms with Crippen LogP contribution < -0.4 is 0 Å². The summed E-state index contributed by atoms with van der Waals surface area (Å²) in [7, 11) is 0. The van der Waals surface area contributed by atoms with E-state index in [2.05, 4.69) is 4.99 Å². The highest BCUT2D eigenvalue weighted by molar-refractivity contribution is 6.35. The molecule has 21 heavy (non-hydrogen) atoms. The first-order chi connectivity index (χ1) is 10.0. The molecule has 0 saturated carbocycles. The number of carbonyl (C=O) groups excluding carboxylic acids is 1. The Labute approximate surface area is 133 Å². The Kier molecular flexibility index (Phi) is 5.37. The van der Waals surface area contributed by atoms with Gasteiger partial charge in [0.05, 0.1) is 11.9 Å². The lowest BCUT2D eigenvalue weighted by Gasteiger charge is -2.12. The summed E-state index contributed by atoms with van der Waals surface area (Å²) in [6.07, 6.45) is 1.00. The fourth-order valence-electron chi connectivity index (χ4n) is 1.77. The molecule has 0 bridgehead atoms. The van der Waals surface area contributed by atoms with Gasteiger partial charge in [0.2, 0.25) is 0 Å². The van der Waals surface area contributed by atoms with E-state index in [1.54, 1.807) is 24.4 Å². The number of hydrogen-bond donors (Lipinski definition) is 0. The van der Waals surface area contributed by atoms with Crippen molar-refractivity contribution in [2.24, 2.45) is 4.99 Å². The van der Waals surface area contributed by atoms with Crippen molar-refractivity contribution in [1.82, 2.24) is 0 Å². The number of esters is 1. The Balaban J connectivity index is 2.26. The zero-order chi connectivity index (χ0) is 15.2. The smallest absolute Gasteiger partial charge is 0.303 e. The monoisotopic (exact) mass is 321 g/mol. The van der Waals surface area contributed by atoms with Crippen LogP contribution in [0.5, 0.6) is 0 Å². The van der Waals surface area contributed by atoms with Gasteiger partial charge in [0.15, 0.2) is 6.10 Å². The van der Waals surface area contributed by atoms with Crippen LogP contribution >= 0.6 is 23.2 Å². The Morgan fingerprint density at radius 2 is 1.76 bits per heavy atom. The fourth-order valence-corrected chi connectivity index (χ4v) is 2.29. The van der Waals surface area contributed by atoms with Crippen LogP contribution in [-0.2, 0) is 9.53 Å². The number of halogens is 2. The number of nitrogens with zero attached hydrogens (tertiary/aromatic N) is 1. The summed E-state index contributed by atoms with van der Waals surface area (Å²) in [6.45, 7) is 1.36. The summed E-state index contributed by atoms with van der Waals surface area (Å²) in [4.78, 5) is 15.5. The quantitative estimate of drug-likeness (QED) is 0.587. The molecule has 0 aliphatic heterocycles. The topological polar surface area (TPSA) is 38.7 Å². The van der Waals surface area contributed by atoms with Gasteiger partial charge in [-0.15, -0.1) is 0 Å². The lowest BCUT2D eigenvalue weighted by atomic mass is 10.1. The van der Waals surface area contributed by atoms with Crippen molar-refractivity contribution in [3.05, 3.63) is 64.1 Å². The number of aliphatic imine (C=N–C) groups is 1. The molecule has 108 valence electrons. The molecular formula is C16H13Cl2NO2. The maximum absolute atomic E-state index is 11.2. The molecule has 3 nitrogen and oxygen atoms in total. The second-order valence-corrected chi connectivity index (χ2v) is 5.22. The van der Waals surface area contributed by atoms with E-state index < -0.39 is 6.10 Å². The van der Waals surface area contributed by atoms with Gasteiger partial charge in [-0.1, -0.05) is 53.5 Å². The molecule has 0 radical (unpaired) electrons. The van der Waals surface area contributed by atoms with Gasteiger partial charge in [-0.3, -0.25) is 9.79 Å². The van der Waals surface area contributed by atoms with Crippen molar-refractivity contribution >= 4 is 41.1 Å². The average Bonchev–Trinajstić information content (AvgIpc) is 2.43. The molecule has 0 aliphatic carbocycles. The van der Waals surface area contributed by atoms with Gasteiger partial charge >= 0.3 is 5.97 Å². The molecular weight excluding hydrogens is 309 g/mol. The second-order valence-electron chi connectivity index (χ2n) is 4.35. The predicted molar refractivity (Wildman–Crippen MR) is 85.6 cm³/mol. The first-order valence-electron chi connectivity index (χ1n) is 6.27. The van der Waals surface area contributed by atoms with Crippen LogP contribution in [0, 0.1) is 0 Å². The van der Waals surface area contributed by atoms with Crippen LogP contribution in [-0.4, -0.2) is 12.2 Å². The normalized spacial score (nSPS) is 12.3. The van der Waals surface area contributed by atoms with Crippen molar-refractivity contribution in [2.45, 2.75) is 13.0 Å². The SMILES string of the molecule is CC(=O)OC(C=Nc1cc(Cl)cc(Cl)c1)c1ccccc1. The van der Waals surface area contributed by atoms with E-state index in [4.69, 9.17) is 27.9 Å². The predicted octanol–water partition coefficient (Wildman–Crippen LogP) is 5.00. The molecule has 5 heteroatoms. The Hall–Kier alpha value is -1.84. The maximum atomic E-state index is 11.2. The van der Waals surface area contributed by atoms with E-state index in [1.807, 2.05) is 30.3 Å². The van der Waals surface area contributed by atoms with Crippen molar-refractivity contribution in [2.75, 3.05) is 0 Å². The molecule has 0 aromatic heterocycles. The van der Waals surface area contributed by atoms with Crippen molar-refractivity contribution in [3.63, 3.8) is 0 Å². The molecule has 1 atom stereocenters. The van der Waals surface area contributed by atoms with Gasteiger partial charge < -0.3 is 4.74 Å². The maximum Gasteiger partial charge on any atom is 0.303 e. The molecule has 0 aliphatic rings.